The van der Waals surface area contributed by atoms with E-state index < -0.39 is 35.0 Å². The topological polar surface area (TPSA) is 96.4 Å². The fourth-order valence-electron chi connectivity index (χ4n) is 5.86. The molecule has 3 aliphatic rings. The van der Waals surface area contributed by atoms with E-state index >= 15 is 0 Å². The molecule has 1 spiro atoms. The van der Waals surface area contributed by atoms with Gasteiger partial charge >= 0.3 is 5.97 Å². The van der Waals surface area contributed by atoms with Crippen LogP contribution >= 0.6 is 11.6 Å². The molecule has 0 saturated carbocycles. The number of hydrogen-bond acceptors (Lipinski definition) is 6. The van der Waals surface area contributed by atoms with Crippen LogP contribution in [0.3, 0.4) is 0 Å². The van der Waals surface area contributed by atoms with E-state index in [1.165, 1.54) is 15.9 Å². The van der Waals surface area contributed by atoms with Crippen molar-refractivity contribution in [3.8, 4) is 0 Å². The average molecular weight is 489 g/mol. The highest BCUT2D eigenvalue weighted by Gasteiger charge is 2.78. The standard InChI is InChI=1S/C25H29ClN2O6/c1-4-12-27(17-8-6-16(26)7-9-17)22(31)20-25-11-10-24(3,34-25)19(23(32)33-15-5-2)18(25)21(30)28(20)13-14-29/h4-9,18-20,29H,1-2,10-15H2,3H3/t18-,19-,20?,24+,25?/m0/s1. The van der Waals surface area contributed by atoms with Gasteiger partial charge in [-0.1, -0.05) is 30.3 Å². The lowest BCUT2D eigenvalue weighted by Crippen LogP contribution is -2.56. The Kier molecular flexibility index (Phi) is 6.59. The number of likely N-dealkylation sites (tertiary alicyclic amines) is 1. The second kappa shape index (κ2) is 9.17. The van der Waals surface area contributed by atoms with E-state index in [-0.39, 0.29) is 38.1 Å². The molecule has 2 unspecified atom stereocenters. The number of esters is 1. The Morgan fingerprint density at radius 2 is 2.00 bits per heavy atom. The highest BCUT2D eigenvalue weighted by atomic mass is 35.5. The van der Waals surface area contributed by atoms with Crippen LogP contribution in [0.25, 0.3) is 0 Å². The van der Waals surface area contributed by atoms with Crippen LogP contribution in [0.1, 0.15) is 19.8 Å². The third kappa shape index (κ3) is 3.65. The molecule has 5 atom stereocenters. The van der Waals surface area contributed by atoms with Crippen molar-refractivity contribution in [2.45, 2.75) is 37.0 Å². The summed E-state index contributed by atoms with van der Waals surface area (Å²) < 4.78 is 11.8. The second-order valence-electron chi connectivity index (χ2n) is 9.12. The Morgan fingerprint density at radius 1 is 1.29 bits per heavy atom. The summed E-state index contributed by atoms with van der Waals surface area (Å²) in [6.45, 7) is 8.97. The Balaban J connectivity index is 1.77. The summed E-state index contributed by atoms with van der Waals surface area (Å²) in [6, 6.07) is 5.78. The third-order valence-electron chi connectivity index (χ3n) is 7.16. The smallest absolute Gasteiger partial charge is 0.313 e. The molecule has 0 aromatic heterocycles. The predicted molar refractivity (Wildman–Crippen MR) is 126 cm³/mol. The van der Waals surface area contributed by atoms with Crippen molar-refractivity contribution in [3.63, 3.8) is 0 Å². The number of benzene rings is 1. The van der Waals surface area contributed by atoms with Crippen LogP contribution in [-0.2, 0) is 23.9 Å². The number of ether oxygens (including phenoxy) is 2. The summed E-state index contributed by atoms with van der Waals surface area (Å²) in [5.41, 5.74) is -1.53. The lowest BCUT2D eigenvalue weighted by molar-refractivity contribution is -0.158. The first-order chi connectivity index (χ1) is 16.2. The van der Waals surface area contributed by atoms with Crippen molar-refractivity contribution in [1.29, 1.82) is 0 Å². The maximum atomic E-state index is 14.1. The largest absolute Gasteiger partial charge is 0.461 e. The third-order valence-corrected chi connectivity index (χ3v) is 7.42. The highest BCUT2D eigenvalue weighted by molar-refractivity contribution is 6.30. The van der Waals surface area contributed by atoms with Crippen molar-refractivity contribution in [2.24, 2.45) is 11.8 Å². The van der Waals surface area contributed by atoms with E-state index in [0.29, 0.717) is 23.6 Å². The van der Waals surface area contributed by atoms with E-state index in [0.717, 1.165) is 0 Å². The lowest BCUT2D eigenvalue weighted by atomic mass is 9.66. The molecule has 1 aromatic carbocycles. The molecule has 3 fully saturated rings. The van der Waals surface area contributed by atoms with Gasteiger partial charge in [-0.3, -0.25) is 14.4 Å². The average Bonchev–Trinajstić information content (AvgIpc) is 3.37. The Bertz CT molecular complexity index is 1010. The summed E-state index contributed by atoms with van der Waals surface area (Å²) in [7, 11) is 0. The number of nitrogens with zero attached hydrogens (tertiary/aromatic N) is 2. The molecule has 0 aliphatic carbocycles. The molecule has 1 N–H and O–H groups in total. The van der Waals surface area contributed by atoms with Gasteiger partial charge in [-0.15, -0.1) is 6.58 Å². The number of rotatable bonds is 9. The molecule has 4 rings (SSSR count). The number of carbonyl (C=O) groups excluding carboxylic acids is 3. The summed E-state index contributed by atoms with van der Waals surface area (Å²) in [5, 5.41) is 10.2. The predicted octanol–water partition coefficient (Wildman–Crippen LogP) is 2.35. The van der Waals surface area contributed by atoms with Gasteiger partial charge in [-0.25, -0.2) is 0 Å². The molecule has 1 aromatic rings. The molecule has 3 aliphatic heterocycles. The number of β-amino-alcohol motifs (C(OH)–C–C–N with tert-alkyl or cyclic N) is 1. The number of anilines is 1. The summed E-state index contributed by atoms with van der Waals surface area (Å²) >= 11 is 6.03. The maximum Gasteiger partial charge on any atom is 0.313 e. The van der Waals surface area contributed by atoms with Crippen molar-refractivity contribution in [1.82, 2.24) is 4.90 Å². The van der Waals surface area contributed by atoms with E-state index in [1.54, 1.807) is 37.3 Å². The summed E-state index contributed by atoms with van der Waals surface area (Å²) in [4.78, 5) is 43.7. The Morgan fingerprint density at radius 3 is 2.62 bits per heavy atom. The zero-order valence-electron chi connectivity index (χ0n) is 19.1. The molecule has 3 saturated heterocycles. The normalized spacial score (nSPS) is 31.3. The maximum absolute atomic E-state index is 14.1. The Labute approximate surface area is 203 Å². The van der Waals surface area contributed by atoms with Gasteiger partial charge in [0.15, 0.2) is 0 Å². The fraction of sp³-hybridized carbons (Fsp3) is 0.480. The van der Waals surface area contributed by atoms with E-state index in [9.17, 15) is 19.5 Å². The first-order valence-electron chi connectivity index (χ1n) is 11.3. The monoisotopic (exact) mass is 488 g/mol. The molecule has 2 amide bonds. The first kappa shape index (κ1) is 24.4. The highest BCUT2D eigenvalue weighted by Crippen LogP contribution is 2.63. The van der Waals surface area contributed by atoms with E-state index in [1.807, 2.05) is 0 Å². The quantitative estimate of drug-likeness (QED) is 0.423. The molecule has 0 radical (unpaired) electrons. The van der Waals surface area contributed by atoms with Crippen molar-refractivity contribution in [2.75, 3.05) is 31.2 Å². The second-order valence-corrected chi connectivity index (χ2v) is 9.55. The van der Waals surface area contributed by atoms with Gasteiger partial charge < -0.3 is 24.4 Å². The van der Waals surface area contributed by atoms with Crippen LogP contribution in [0, 0.1) is 11.8 Å². The molecular weight excluding hydrogens is 460 g/mol. The number of aliphatic hydroxyl groups is 1. The van der Waals surface area contributed by atoms with Gasteiger partial charge in [0.1, 0.15) is 24.2 Å². The zero-order chi connectivity index (χ0) is 24.7. The fourth-order valence-corrected chi connectivity index (χ4v) is 5.99. The molecule has 8 nitrogen and oxygen atoms in total. The minimum absolute atomic E-state index is 0.0196. The van der Waals surface area contributed by atoms with Gasteiger partial charge in [-0.2, -0.15) is 0 Å². The van der Waals surface area contributed by atoms with Crippen LogP contribution in [0.2, 0.25) is 5.02 Å². The number of amides is 2. The minimum Gasteiger partial charge on any atom is -0.461 e. The summed E-state index contributed by atoms with van der Waals surface area (Å²) in [5.74, 6) is -3.02. The van der Waals surface area contributed by atoms with Gasteiger partial charge in [0, 0.05) is 23.8 Å². The minimum atomic E-state index is -1.19. The lowest BCUT2D eigenvalue weighted by Gasteiger charge is -2.36. The van der Waals surface area contributed by atoms with Crippen LogP contribution in [0.5, 0.6) is 0 Å². The zero-order valence-corrected chi connectivity index (χ0v) is 19.9. The van der Waals surface area contributed by atoms with Crippen molar-refractivity contribution >= 4 is 35.1 Å². The van der Waals surface area contributed by atoms with Crippen molar-refractivity contribution in [3.05, 3.63) is 54.6 Å². The molecule has 182 valence electrons. The molecule has 34 heavy (non-hydrogen) atoms. The Hall–Kier alpha value is -2.68. The van der Waals surface area contributed by atoms with Crippen LogP contribution in [0.15, 0.2) is 49.6 Å². The molecule has 9 heteroatoms. The molecular formula is C25H29ClN2O6. The molecule has 2 bridgehead atoms. The van der Waals surface area contributed by atoms with Gasteiger partial charge in [0.05, 0.1) is 18.1 Å². The number of hydrogen-bond donors (Lipinski definition) is 1. The number of carbonyl (C=O) groups is 3. The molecule has 3 heterocycles. The van der Waals surface area contributed by atoms with Crippen molar-refractivity contribution < 1.29 is 29.0 Å². The summed E-state index contributed by atoms with van der Waals surface area (Å²) in [6.07, 6.45) is 4.00. The van der Waals surface area contributed by atoms with E-state index in [4.69, 9.17) is 21.1 Å². The number of aliphatic hydroxyl groups excluding tert-OH is 1. The first-order valence-corrected chi connectivity index (χ1v) is 11.7. The van der Waals surface area contributed by atoms with Crippen LogP contribution < -0.4 is 4.90 Å². The van der Waals surface area contributed by atoms with E-state index in [2.05, 4.69) is 13.2 Å². The number of fused-ring (bicyclic) bond motifs is 1. The number of halogens is 1. The SMILES string of the molecule is C=CCOC(=O)[C@@H]1[C@H]2C(=O)N(CCO)C(C(=O)N(CC=C)c3ccc(Cl)cc3)C23CC[C@@]1(C)O3. The van der Waals surface area contributed by atoms with Gasteiger partial charge in [-0.05, 0) is 44.0 Å². The van der Waals surface area contributed by atoms with Crippen LogP contribution in [-0.4, -0.2) is 71.3 Å². The van der Waals surface area contributed by atoms with Gasteiger partial charge in [0.2, 0.25) is 5.91 Å². The van der Waals surface area contributed by atoms with Gasteiger partial charge in [0.25, 0.3) is 5.91 Å². The van der Waals surface area contributed by atoms with Crippen LogP contribution in [0.4, 0.5) is 5.69 Å².